The first-order valence-electron chi connectivity index (χ1n) is 6.93. The highest BCUT2D eigenvalue weighted by Gasteiger charge is 2.20. The normalized spacial score (nSPS) is 11.1. The Kier molecular flexibility index (Phi) is 4.19. The van der Waals surface area contributed by atoms with Gasteiger partial charge in [-0.1, -0.05) is 17.3 Å². The molecule has 0 spiro atoms. The van der Waals surface area contributed by atoms with Crippen LogP contribution in [0, 0.1) is 11.6 Å². The summed E-state index contributed by atoms with van der Waals surface area (Å²) in [6.07, 6.45) is 5.69. The van der Waals surface area contributed by atoms with Crippen molar-refractivity contribution >= 4 is 17.9 Å². The van der Waals surface area contributed by atoms with Crippen molar-refractivity contribution in [3.05, 3.63) is 48.4 Å². The Balaban J connectivity index is 2.03. The zero-order valence-corrected chi connectivity index (χ0v) is 12.5. The minimum atomic E-state index is -0.985. The van der Waals surface area contributed by atoms with Gasteiger partial charge >= 0.3 is 0 Å². The number of aliphatic imine (C=N–C) groups is 1. The van der Waals surface area contributed by atoms with Crippen LogP contribution in [0.3, 0.4) is 0 Å². The summed E-state index contributed by atoms with van der Waals surface area (Å²) < 4.78 is 32.7. The van der Waals surface area contributed by atoms with Gasteiger partial charge in [-0.05, 0) is 6.07 Å². The minimum Gasteiger partial charge on any atom is -0.365 e. The summed E-state index contributed by atoms with van der Waals surface area (Å²) in [5.74, 6) is -1.98. The Labute approximate surface area is 135 Å². The van der Waals surface area contributed by atoms with Gasteiger partial charge in [-0.15, -0.1) is 0 Å². The van der Waals surface area contributed by atoms with Gasteiger partial charge in [0, 0.05) is 24.9 Å². The lowest BCUT2D eigenvalue weighted by molar-refractivity contribution is -0.117. The lowest BCUT2D eigenvalue weighted by Gasteiger charge is -2.03. The largest absolute Gasteiger partial charge is 0.365 e. The summed E-state index contributed by atoms with van der Waals surface area (Å²) >= 11 is 0. The third kappa shape index (κ3) is 2.94. The van der Waals surface area contributed by atoms with Crippen LogP contribution >= 0.6 is 0 Å². The number of carbonyl (C=O) groups excluding carboxylic acids is 1. The highest BCUT2D eigenvalue weighted by Crippen LogP contribution is 2.38. The van der Waals surface area contributed by atoms with Crippen molar-refractivity contribution in [2.45, 2.75) is 6.92 Å². The second-order valence-electron chi connectivity index (χ2n) is 4.88. The first-order chi connectivity index (χ1) is 11.6. The molecule has 0 radical (unpaired) electrons. The van der Waals surface area contributed by atoms with E-state index in [0.717, 1.165) is 6.07 Å². The van der Waals surface area contributed by atoms with Gasteiger partial charge in [0.25, 0.3) is 0 Å². The quantitative estimate of drug-likeness (QED) is 0.568. The summed E-state index contributed by atoms with van der Waals surface area (Å²) in [4.78, 5) is 17.8. The van der Waals surface area contributed by atoms with Gasteiger partial charge in [0.2, 0.25) is 5.91 Å². The van der Waals surface area contributed by atoms with Crippen molar-refractivity contribution in [1.82, 2.24) is 15.5 Å². The minimum absolute atomic E-state index is 0.0317. The van der Waals surface area contributed by atoms with E-state index in [1.165, 1.54) is 31.6 Å². The molecule has 0 aliphatic carbocycles. The van der Waals surface area contributed by atoms with Gasteiger partial charge < -0.3 is 14.8 Å². The average molecular weight is 330 g/mol. The van der Waals surface area contributed by atoms with E-state index < -0.39 is 11.6 Å². The maximum absolute atomic E-state index is 14.0. The molecular formula is C16H12F2N4O2. The van der Waals surface area contributed by atoms with Crippen LogP contribution in [-0.4, -0.2) is 22.4 Å². The second kappa shape index (κ2) is 6.45. The maximum atomic E-state index is 14.0. The Morgan fingerprint density at radius 3 is 2.92 bits per heavy atom. The first-order valence-corrected chi connectivity index (χ1v) is 6.93. The van der Waals surface area contributed by atoms with E-state index in [9.17, 15) is 13.6 Å². The van der Waals surface area contributed by atoms with Crippen LogP contribution in [0.2, 0.25) is 0 Å². The lowest BCUT2D eigenvalue weighted by atomic mass is 10.0. The van der Waals surface area contributed by atoms with Crippen molar-refractivity contribution in [3.63, 3.8) is 0 Å². The Hall–Kier alpha value is -3.29. The zero-order valence-electron chi connectivity index (χ0n) is 12.5. The molecule has 0 saturated carbocycles. The van der Waals surface area contributed by atoms with E-state index >= 15 is 0 Å². The molecule has 0 saturated heterocycles. The first kappa shape index (κ1) is 15.6. The number of nitrogens with one attached hydrogen (secondary N) is 2. The fraction of sp³-hybridized carbons (Fsp3) is 0.0625. The number of nitrogens with zero attached hydrogens (tertiary/aromatic N) is 2. The van der Waals surface area contributed by atoms with Gasteiger partial charge in [-0.3, -0.25) is 4.79 Å². The summed E-state index contributed by atoms with van der Waals surface area (Å²) in [7, 11) is 0. The maximum Gasteiger partial charge on any atom is 0.221 e. The van der Waals surface area contributed by atoms with E-state index in [2.05, 4.69) is 20.4 Å². The Morgan fingerprint density at radius 2 is 2.12 bits per heavy atom. The van der Waals surface area contributed by atoms with Crippen LogP contribution in [0.1, 0.15) is 6.92 Å². The monoisotopic (exact) mass is 330 g/mol. The van der Waals surface area contributed by atoms with Crippen LogP contribution in [0.4, 0.5) is 14.5 Å². The van der Waals surface area contributed by atoms with E-state index in [4.69, 9.17) is 4.52 Å². The molecule has 24 heavy (non-hydrogen) atoms. The third-order valence-corrected chi connectivity index (χ3v) is 3.25. The molecule has 6 nitrogen and oxygen atoms in total. The number of benzene rings is 1. The molecule has 1 amide bonds. The van der Waals surface area contributed by atoms with E-state index in [1.807, 2.05) is 0 Å². The van der Waals surface area contributed by atoms with Crippen molar-refractivity contribution in [2.24, 2.45) is 4.99 Å². The molecule has 3 rings (SSSR count). The highest BCUT2D eigenvalue weighted by molar-refractivity contribution is 5.89. The standard InChI is InChI=1S/C16H12F2N4O2/c1-9(23)20-8-21-14-7-19-5-12(14)16-11(6-22-24-16)10-3-2-4-13(17)15(10)18/h2-8,19H,1H3,(H,20,21,23). The summed E-state index contributed by atoms with van der Waals surface area (Å²) in [5, 5.41) is 6.09. The highest BCUT2D eigenvalue weighted by atomic mass is 19.2. The van der Waals surface area contributed by atoms with Gasteiger partial charge in [-0.2, -0.15) is 0 Å². The lowest BCUT2D eigenvalue weighted by Crippen LogP contribution is -2.16. The molecule has 0 aliphatic heterocycles. The fourth-order valence-corrected chi connectivity index (χ4v) is 2.17. The number of hydrogen-bond donors (Lipinski definition) is 2. The number of aromatic amines is 1. The molecule has 3 aromatic rings. The van der Waals surface area contributed by atoms with Crippen LogP contribution < -0.4 is 5.32 Å². The molecule has 0 aliphatic rings. The predicted octanol–water partition coefficient (Wildman–Crippen LogP) is 3.41. The van der Waals surface area contributed by atoms with E-state index in [-0.39, 0.29) is 17.2 Å². The summed E-state index contributed by atoms with van der Waals surface area (Å²) in [6.45, 7) is 1.35. The number of hydrogen-bond acceptors (Lipinski definition) is 4. The molecule has 8 heteroatoms. The van der Waals surface area contributed by atoms with Crippen LogP contribution in [0.25, 0.3) is 22.5 Å². The Morgan fingerprint density at radius 1 is 1.29 bits per heavy atom. The number of carbonyl (C=O) groups is 1. The predicted molar refractivity (Wildman–Crippen MR) is 83.6 cm³/mol. The van der Waals surface area contributed by atoms with Gasteiger partial charge in [0.1, 0.15) is 0 Å². The molecule has 0 atom stereocenters. The number of H-pyrrole nitrogens is 1. The number of rotatable bonds is 4. The molecule has 0 fully saturated rings. The van der Waals surface area contributed by atoms with Gasteiger partial charge in [0.05, 0.1) is 29.3 Å². The summed E-state index contributed by atoms with van der Waals surface area (Å²) in [5.41, 5.74) is 1.26. The zero-order chi connectivity index (χ0) is 17.1. The Bertz CT molecular complexity index is 914. The molecule has 2 heterocycles. The van der Waals surface area contributed by atoms with E-state index in [1.54, 1.807) is 12.4 Å². The van der Waals surface area contributed by atoms with Crippen LogP contribution in [0.15, 0.2) is 46.3 Å². The number of amides is 1. The molecule has 0 unspecified atom stereocenters. The van der Waals surface area contributed by atoms with Crippen molar-refractivity contribution < 1.29 is 18.1 Å². The van der Waals surface area contributed by atoms with Crippen LogP contribution in [0.5, 0.6) is 0 Å². The molecule has 2 N–H and O–H groups in total. The van der Waals surface area contributed by atoms with Gasteiger partial charge in [0.15, 0.2) is 17.4 Å². The average Bonchev–Trinajstić information content (AvgIpc) is 3.18. The van der Waals surface area contributed by atoms with Crippen molar-refractivity contribution in [1.29, 1.82) is 0 Å². The van der Waals surface area contributed by atoms with E-state index in [0.29, 0.717) is 16.8 Å². The topological polar surface area (TPSA) is 83.3 Å². The molecule has 122 valence electrons. The third-order valence-electron chi connectivity index (χ3n) is 3.25. The molecule has 1 aromatic carbocycles. The molecular weight excluding hydrogens is 318 g/mol. The van der Waals surface area contributed by atoms with Crippen LogP contribution in [-0.2, 0) is 4.79 Å². The summed E-state index contributed by atoms with van der Waals surface area (Å²) in [6, 6.07) is 3.87. The smallest absolute Gasteiger partial charge is 0.221 e. The fourth-order valence-electron chi connectivity index (χ4n) is 2.17. The second-order valence-corrected chi connectivity index (χ2v) is 4.88. The SMILES string of the molecule is CC(=O)NC=Nc1c[nH]cc1-c1oncc1-c1cccc(F)c1F. The molecule has 0 bridgehead atoms. The van der Waals surface area contributed by atoms with Crippen molar-refractivity contribution in [2.75, 3.05) is 0 Å². The molecule has 2 aromatic heterocycles. The number of halogens is 2. The van der Waals surface area contributed by atoms with Gasteiger partial charge in [-0.25, -0.2) is 13.8 Å². The van der Waals surface area contributed by atoms with Crippen molar-refractivity contribution in [3.8, 4) is 22.5 Å². The number of aromatic nitrogens is 2.